The van der Waals surface area contributed by atoms with E-state index in [9.17, 15) is 4.79 Å². The highest BCUT2D eigenvalue weighted by atomic mass is 35.5. The number of carbonyl (C=O) groups is 1. The van der Waals surface area contributed by atoms with Crippen LogP contribution >= 0.6 is 11.6 Å². The molecule has 104 valence electrons. The molecule has 7 heteroatoms. The molecule has 1 aromatic rings. The number of carbonyl (C=O) groups excluding carboxylic acids is 1. The lowest BCUT2D eigenvalue weighted by Crippen LogP contribution is -2.58. The van der Waals surface area contributed by atoms with Gasteiger partial charge >= 0.3 is 6.09 Å². The second-order valence-corrected chi connectivity index (χ2v) is 5.85. The van der Waals surface area contributed by atoms with Crippen LogP contribution in [0.5, 0.6) is 0 Å². The summed E-state index contributed by atoms with van der Waals surface area (Å²) in [6, 6.07) is 0.139. The Morgan fingerprint density at radius 3 is 2.79 bits per heavy atom. The maximum atomic E-state index is 11.7. The summed E-state index contributed by atoms with van der Waals surface area (Å²) < 4.78 is 5.27. The molecule has 1 N–H and O–H groups in total. The Hall–Kier alpha value is -1.56. The van der Waals surface area contributed by atoms with E-state index in [0.717, 1.165) is 0 Å². The first-order valence-corrected chi connectivity index (χ1v) is 6.43. The van der Waals surface area contributed by atoms with Crippen molar-refractivity contribution in [2.75, 3.05) is 18.4 Å². The minimum atomic E-state index is -0.467. The average Bonchev–Trinajstić information content (AvgIpc) is 2.22. The molecular weight excluding hydrogens is 268 g/mol. The second kappa shape index (κ2) is 5.21. The van der Waals surface area contributed by atoms with Crippen LogP contribution in [0.25, 0.3) is 0 Å². The minimum absolute atomic E-state index is 0.139. The number of amides is 1. The fraction of sp³-hybridized carbons (Fsp3) is 0.583. The number of halogens is 1. The number of rotatable bonds is 2. The van der Waals surface area contributed by atoms with Gasteiger partial charge in [0.2, 0.25) is 0 Å². The van der Waals surface area contributed by atoms with Gasteiger partial charge in [0.1, 0.15) is 22.8 Å². The summed E-state index contributed by atoms with van der Waals surface area (Å²) in [4.78, 5) is 21.2. The second-order valence-electron chi connectivity index (χ2n) is 5.45. The summed E-state index contributed by atoms with van der Waals surface area (Å²) in [5.74, 6) is 0.588. The van der Waals surface area contributed by atoms with Crippen molar-refractivity contribution < 1.29 is 9.53 Å². The number of aromatic nitrogens is 2. The number of nitrogens with zero attached hydrogens (tertiary/aromatic N) is 3. The van der Waals surface area contributed by atoms with Crippen LogP contribution in [0.4, 0.5) is 10.6 Å². The van der Waals surface area contributed by atoms with E-state index in [4.69, 9.17) is 16.3 Å². The summed E-state index contributed by atoms with van der Waals surface area (Å²) in [5.41, 5.74) is -0.467. The summed E-state index contributed by atoms with van der Waals surface area (Å²) in [6.07, 6.45) is 2.67. The molecule has 0 saturated carbocycles. The highest BCUT2D eigenvalue weighted by molar-refractivity contribution is 6.32. The molecule has 2 rings (SSSR count). The SMILES string of the molecule is CC(C)(C)OC(=O)N1CC(Nc2ncncc2Cl)C1. The Morgan fingerprint density at radius 2 is 2.21 bits per heavy atom. The third kappa shape index (κ3) is 3.70. The molecule has 1 amide bonds. The van der Waals surface area contributed by atoms with Gasteiger partial charge in [0, 0.05) is 13.1 Å². The van der Waals surface area contributed by atoms with Crippen molar-refractivity contribution in [1.29, 1.82) is 0 Å². The number of hydrogen-bond donors (Lipinski definition) is 1. The Morgan fingerprint density at radius 1 is 1.53 bits per heavy atom. The predicted octanol–water partition coefficient (Wildman–Crippen LogP) is 2.16. The molecule has 1 aromatic heterocycles. The molecule has 1 fully saturated rings. The van der Waals surface area contributed by atoms with Crippen LogP contribution < -0.4 is 5.32 Å². The molecule has 1 saturated heterocycles. The zero-order chi connectivity index (χ0) is 14.0. The van der Waals surface area contributed by atoms with Gasteiger partial charge in [0.05, 0.1) is 12.2 Å². The molecule has 6 nitrogen and oxygen atoms in total. The van der Waals surface area contributed by atoms with E-state index in [2.05, 4.69) is 15.3 Å². The highest BCUT2D eigenvalue weighted by Gasteiger charge is 2.34. The van der Waals surface area contributed by atoms with Crippen molar-refractivity contribution in [3.63, 3.8) is 0 Å². The predicted molar refractivity (Wildman–Crippen MR) is 72.3 cm³/mol. The number of likely N-dealkylation sites (tertiary alicyclic amines) is 1. The summed E-state index contributed by atoms with van der Waals surface area (Å²) in [5, 5.41) is 3.63. The standard InChI is InChI=1S/C12H17ClN4O2/c1-12(2,3)19-11(18)17-5-8(6-17)16-10-9(13)4-14-7-15-10/h4,7-8H,5-6H2,1-3H3,(H,14,15,16). The lowest BCUT2D eigenvalue weighted by atomic mass is 10.1. The van der Waals surface area contributed by atoms with Crippen LogP contribution in [0.1, 0.15) is 20.8 Å². The van der Waals surface area contributed by atoms with Gasteiger partial charge in [-0.25, -0.2) is 14.8 Å². The number of nitrogens with one attached hydrogen (secondary N) is 1. The average molecular weight is 285 g/mol. The molecular formula is C12H17ClN4O2. The van der Waals surface area contributed by atoms with Crippen LogP contribution in [-0.2, 0) is 4.74 Å². The van der Waals surface area contributed by atoms with E-state index < -0.39 is 5.60 Å². The van der Waals surface area contributed by atoms with Crippen molar-refractivity contribution >= 4 is 23.5 Å². The molecule has 19 heavy (non-hydrogen) atoms. The zero-order valence-electron chi connectivity index (χ0n) is 11.2. The highest BCUT2D eigenvalue weighted by Crippen LogP contribution is 2.21. The summed E-state index contributed by atoms with van der Waals surface area (Å²) >= 11 is 5.94. The molecule has 1 aliphatic heterocycles. The first-order chi connectivity index (χ1) is 8.85. The molecule has 0 atom stereocenters. The van der Waals surface area contributed by atoms with Crippen LogP contribution in [0.2, 0.25) is 5.02 Å². The van der Waals surface area contributed by atoms with E-state index in [-0.39, 0.29) is 12.1 Å². The molecule has 0 bridgehead atoms. The smallest absolute Gasteiger partial charge is 0.410 e. The molecule has 0 aromatic carbocycles. The van der Waals surface area contributed by atoms with Crippen molar-refractivity contribution in [2.24, 2.45) is 0 Å². The van der Waals surface area contributed by atoms with E-state index >= 15 is 0 Å². The maximum Gasteiger partial charge on any atom is 0.410 e. The first-order valence-electron chi connectivity index (χ1n) is 6.05. The van der Waals surface area contributed by atoms with E-state index in [1.807, 2.05) is 20.8 Å². The monoisotopic (exact) mass is 284 g/mol. The molecule has 0 radical (unpaired) electrons. The van der Waals surface area contributed by atoms with Gasteiger partial charge in [-0.3, -0.25) is 0 Å². The number of hydrogen-bond acceptors (Lipinski definition) is 5. The Balaban J connectivity index is 1.81. The third-order valence-corrected chi connectivity index (χ3v) is 2.82. The fourth-order valence-corrected chi connectivity index (χ4v) is 1.82. The van der Waals surface area contributed by atoms with E-state index in [0.29, 0.717) is 23.9 Å². The number of anilines is 1. The van der Waals surface area contributed by atoms with Gasteiger partial charge in [-0.05, 0) is 20.8 Å². The Labute approximate surface area is 117 Å². The molecule has 1 aliphatic rings. The van der Waals surface area contributed by atoms with Gasteiger partial charge in [0.15, 0.2) is 0 Å². The van der Waals surface area contributed by atoms with Gasteiger partial charge in [-0.1, -0.05) is 11.6 Å². The quantitative estimate of drug-likeness (QED) is 0.901. The molecule has 0 unspecified atom stereocenters. The van der Waals surface area contributed by atoms with Gasteiger partial charge < -0.3 is 15.0 Å². The van der Waals surface area contributed by atoms with Crippen LogP contribution in [0.15, 0.2) is 12.5 Å². The Kier molecular flexibility index (Phi) is 3.80. The van der Waals surface area contributed by atoms with Gasteiger partial charge in [0.25, 0.3) is 0 Å². The summed E-state index contributed by atoms with van der Waals surface area (Å²) in [7, 11) is 0. The summed E-state index contributed by atoms with van der Waals surface area (Å²) in [6.45, 7) is 6.70. The van der Waals surface area contributed by atoms with Crippen LogP contribution in [-0.4, -0.2) is 45.7 Å². The molecule has 2 heterocycles. The van der Waals surface area contributed by atoms with Crippen molar-refractivity contribution in [3.8, 4) is 0 Å². The maximum absolute atomic E-state index is 11.7. The normalized spacial score (nSPS) is 15.9. The van der Waals surface area contributed by atoms with Crippen LogP contribution in [0, 0.1) is 0 Å². The lowest BCUT2D eigenvalue weighted by Gasteiger charge is -2.40. The fourth-order valence-electron chi connectivity index (χ4n) is 1.66. The van der Waals surface area contributed by atoms with E-state index in [1.54, 1.807) is 4.90 Å². The van der Waals surface area contributed by atoms with Crippen molar-refractivity contribution in [3.05, 3.63) is 17.5 Å². The minimum Gasteiger partial charge on any atom is -0.444 e. The zero-order valence-corrected chi connectivity index (χ0v) is 11.9. The van der Waals surface area contributed by atoms with Crippen molar-refractivity contribution in [2.45, 2.75) is 32.4 Å². The van der Waals surface area contributed by atoms with Gasteiger partial charge in [-0.2, -0.15) is 0 Å². The third-order valence-electron chi connectivity index (χ3n) is 2.54. The first kappa shape index (κ1) is 13.9. The van der Waals surface area contributed by atoms with Crippen LogP contribution in [0.3, 0.4) is 0 Å². The topological polar surface area (TPSA) is 67.3 Å². The largest absolute Gasteiger partial charge is 0.444 e. The molecule has 0 aliphatic carbocycles. The Bertz CT molecular complexity index is 469. The van der Waals surface area contributed by atoms with Gasteiger partial charge in [-0.15, -0.1) is 0 Å². The van der Waals surface area contributed by atoms with Crippen molar-refractivity contribution in [1.82, 2.24) is 14.9 Å². The molecule has 0 spiro atoms. The number of ether oxygens (including phenoxy) is 1. The van der Waals surface area contributed by atoms with E-state index in [1.165, 1.54) is 12.5 Å². The lowest BCUT2D eigenvalue weighted by molar-refractivity contribution is 0.0104.